The van der Waals surface area contributed by atoms with E-state index in [4.69, 9.17) is 27.1 Å². The Labute approximate surface area is 251 Å². The van der Waals surface area contributed by atoms with Gasteiger partial charge in [0.05, 0.1) is 35.5 Å². The highest BCUT2D eigenvalue weighted by Crippen LogP contribution is 2.46. The number of imidazole rings is 1. The summed E-state index contributed by atoms with van der Waals surface area (Å²) in [5, 5.41) is 4.00. The zero-order valence-corrected chi connectivity index (χ0v) is 25.0. The Morgan fingerprint density at radius 3 is 2.62 bits per heavy atom. The molecule has 4 heterocycles. The number of hydrogen-bond donors (Lipinski definition) is 3. The molecule has 3 aromatic rings. The highest BCUT2D eigenvalue weighted by Gasteiger charge is 2.47. The number of aromatic amines is 1. The predicted molar refractivity (Wildman–Crippen MR) is 166 cm³/mol. The smallest absolute Gasteiger partial charge is 0.223 e. The van der Waals surface area contributed by atoms with E-state index >= 15 is 0 Å². The number of halogens is 1. The zero-order valence-electron chi connectivity index (χ0n) is 24.2. The molecule has 4 aliphatic rings. The molecular weight excluding hydrogens is 552 g/mol. The van der Waals surface area contributed by atoms with Crippen molar-refractivity contribution in [1.82, 2.24) is 24.8 Å². The van der Waals surface area contributed by atoms with Crippen LogP contribution in [0.1, 0.15) is 19.3 Å². The van der Waals surface area contributed by atoms with E-state index in [1.807, 2.05) is 0 Å². The highest BCUT2D eigenvalue weighted by atomic mass is 35.5. The molecule has 7 rings (SSSR count). The third kappa shape index (κ3) is 4.89. The molecule has 0 unspecified atom stereocenters. The minimum absolute atomic E-state index is 0.130. The van der Waals surface area contributed by atoms with E-state index in [-0.39, 0.29) is 29.7 Å². The number of carbonyl (C=O) groups excluding carboxylic acids is 1. The SMILES string of the molecule is COc1cc(N2CCC(N3CCN(C)CC3)CC2)ccc1-c1nc2c(N[C@H]3[C@@H](C(N)=O)[C@@H]4C=C[C@H]3C4)c(Cl)cnc2[nH]1. The molecule has 1 amide bonds. The van der Waals surface area contributed by atoms with Gasteiger partial charge in [-0.3, -0.25) is 9.69 Å². The van der Waals surface area contributed by atoms with Gasteiger partial charge < -0.3 is 30.6 Å². The highest BCUT2D eigenvalue weighted by molar-refractivity contribution is 6.34. The fraction of sp³-hybridized carbons (Fsp3) is 0.516. The van der Waals surface area contributed by atoms with Gasteiger partial charge in [0.25, 0.3) is 0 Å². The third-order valence-corrected chi connectivity index (χ3v) is 10.2. The summed E-state index contributed by atoms with van der Waals surface area (Å²) in [6.45, 7) is 6.73. The van der Waals surface area contributed by atoms with Crippen LogP contribution >= 0.6 is 11.6 Å². The van der Waals surface area contributed by atoms with Crippen molar-refractivity contribution < 1.29 is 9.53 Å². The average molecular weight is 591 g/mol. The lowest BCUT2D eigenvalue weighted by Gasteiger charge is -2.42. The number of pyridine rings is 1. The van der Waals surface area contributed by atoms with Gasteiger partial charge >= 0.3 is 0 Å². The molecule has 1 saturated carbocycles. The summed E-state index contributed by atoms with van der Waals surface area (Å²) in [7, 11) is 3.90. The number of piperidine rings is 1. The van der Waals surface area contributed by atoms with E-state index in [0.717, 1.165) is 49.6 Å². The summed E-state index contributed by atoms with van der Waals surface area (Å²) in [5.74, 6) is 1.22. The fourth-order valence-electron chi connectivity index (χ4n) is 7.52. The molecule has 10 nitrogen and oxygen atoms in total. The topological polar surface area (TPSA) is 116 Å². The summed E-state index contributed by atoms with van der Waals surface area (Å²) in [6.07, 6.45) is 9.16. The number of aromatic nitrogens is 3. The number of H-pyrrole nitrogens is 1. The zero-order chi connectivity index (χ0) is 29.0. The Hall–Kier alpha value is -3.34. The number of ether oxygens (including phenoxy) is 1. The summed E-state index contributed by atoms with van der Waals surface area (Å²) in [5.41, 5.74) is 9.73. The summed E-state index contributed by atoms with van der Waals surface area (Å²) >= 11 is 6.65. The molecule has 4 atom stereocenters. The van der Waals surface area contributed by atoms with Crippen molar-refractivity contribution in [3.8, 4) is 17.1 Å². The van der Waals surface area contributed by atoms with Gasteiger partial charge in [0.2, 0.25) is 5.91 Å². The lowest BCUT2D eigenvalue weighted by Crippen LogP contribution is -2.52. The molecule has 3 fully saturated rings. The molecular formula is C31H39ClN8O2. The minimum Gasteiger partial charge on any atom is -0.496 e. The van der Waals surface area contributed by atoms with Crippen molar-refractivity contribution >= 4 is 40.0 Å². The predicted octanol–water partition coefficient (Wildman–Crippen LogP) is 3.59. The van der Waals surface area contributed by atoms with Crippen molar-refractivity contribution in [2.24, 2.45) is 23.5 Å². The van der Waals surface area contributed by atoms with Gasteiger partial charge in [-0.1, -0.05) is 23.8 Å². The number of nitrogens with one attached hydrogen (secondary N) is 2. The molecule has 2 aromatic heterocycles. The Bertz CT molecular complexity index is 1510. The van der Waals surface area contributed by atoms with Crippen molar-refractivity contribution in [3.63, 3.8) is 0 Å². The van der Waals surface area contributed by atoms with Gasteiger partial charge in [0, 0.05) is 63.1 Å². The normalized spacial score (nSPS) is 26.8. The second kappa shape index (κ2) is 11.1. The first-order valence-corrected chi connectivity index (χ1v) is 15.4. The molecule has 11 heteroatoms. The van der Waals surface area contributed by atoms with Crippen LogP contribution in [0.2, 0.25) is 5.02 Å². The number of anilines is 2. The Morgan fingerprint density at radius 1 is 1.12 bits per heavy atom. The Balaban J connectivity index is 1.11. The maximum absolute atomic E-state index is 12.3. The van der Waals surface area contributed by atoms with Crippen LogP contribution in [0.5, 0.6) is 5.75 Å². The molecule has 2 saturated heterocycles. The van der Waals surface area contributed by atoms with Crippen LogP contribution < -0.4 is 20.7 Å². The van der Waals surface area contributed by atoms with Crippen LogP contribution in [0.4, 0.5) is 11.4 Å². The lowest BCUT2D eigenvalue weighted by molar-refractivity contribution is -0.122. The summed E-state index contributed by atoms with van der Waals surface area (Å²) in [4.78, 5) is 32.7. The van der Waals surface area contributed by atoms with Crippen molar-refractivity contribution in [3.05, 3.63) is 41.6 Å². The molecule has 1 aromatic carbocycles. The van der Waals surface area contributed by atoms with Gasteiger partial charge in [0.1, 0.15) is 17.1 Å². The summed E-state index contributed by atoms with van der Waals surface area (Å²) in [6, 6.07) is 6.87. The molecule has 0 radical (unpaired) electrons. The van der Waals surface area contributed by atoms with E-state index in [2.05, 4.69) is 67.4 Å². The van der Waals surface area contributed by atoms with E-state index < -0.39 is 0 Å². The standard InChI is InChI=1S/C31H39ClN8O2/c1-38-11-13-40(14-12-38)20-7-9-39(10-8-20)21-5-6-22(24(16-21)42-2)30-36-28-27(23(32)17-34-31(28)37-30)35-26-19-4-3-18(15-19)25(26)29(33)41/h3-6,16-20,25-26H,7-15H2,1-2H3,(H2,33,41)(H2,34,35,36,37)/t18-,19+,25+,26-/m1/s1. The Morgan fingerprint density at radius 2 is 1.88 bits per heavy atom. The van der Waals surface area contributed by atoms with Crippen LogP contribution in [0.25, 0.3) is 22.6 Å². The van der Waals surface area contributed by atoms with Gasteiger partial charge in [0.15, 0.2) is 5.65 Å². The number of rotatable bonds is 7. The quantitative estimate of drug-likeness (QED) is 0.358. The first kappa shape index (κ1) is 27.5. The number of primary amides is 1. The second-order valence-corrected chi connectivity index (χ2v) is 12.7. The lowest BCUT2D eigenvalue weighted by atomic mass is 9.88. The molecule has 2 aliphatic carbocycles. The summed E-state index contributed by atoms with van der Waals surface area (Å²) < 4.78 is 5.87. The van der Waals surface area contributed by atoms with Crippen LogP contribution in [0.3, 0.4) is 0 Å². The molecule has 2 aliphatic heterocycles. The van der Waals surface area contributed by atoms with Crippen LogP contribution in [-0.4, -0.2) is 96.2 Å². The number of nitrogens with zero attached hydrogens (tertiary/aromatic N) is 5. The van der Waals surface area contributed by atoms with Gasteiger partial charge in [-0.15, -0.1) is 0 Å². The van der Waals surface area contributed by atoms with Gasteiger partial charge in [-0.05, 0) is 50.3 Å². The molecule has 222 valence electrons. The number of allylic oxidation sites excluding steroid dienone is 1. The second-order valence-electron chi connectivity index (χ2n) is 12.3. The van der Waals surface area contributed by atoms with Crippen LogP contribution in [-0.2, 0) is 4.79 Å². The third-order valence-electron chi connectivity index (χ3n) is 9.89. The van der Waals surface area contributed by atoms with E-state index in [1.54, 1.807) is 13.3 Å². The number of piperazine rings is 1. The van der Waals surface area contributed by atoms with E-state index in [1.165, 1.54) is 25.9 Å². The monoisotopic (exact) mass is 590 g/mol. The number of amides is 1. The minimum atomic E-state index is -0.290. The number of fused-ring (bicyclic) bond motifs is 3. The van der Waals surface area contributed by atoms with E-state index in [9.17, 15) is 4.79 Å². The van der Waals surface area contributed by atoms with Crippen molar-refractivity contribution in [2.75, 3.05) is 63.6 Å². The number of likely N-dealkylation sites (N-methyl/N-ethyl adjacent to an activating group) is 1. The average Bonchev–Trinajstić information content (AvgIpc) is 3.74. The first-order valence-electron chi connectivity index (χ1n) is 15.0. The molecule has 4 N–H and O–H groups in total. The van der Waals surface area contributed by atoms with Crippen molar-refractivity contribution in [1.29, 1.82) is 0 Å². The van der Waals surface area contributed by atoms with Crippen LogP contribution in [0, 0.1) is 17.8 Å². The number of nitrogens with two attached hydrogens (primary N) is 1. The first-order chi connectivity index (χ1) is 20.4. The van der Waals surface area contributed by atoms with Gasteiger partial charge in [-0.2, -0.15) is 0 Å². The molecule has 42 heavy (non-hydrogen) atoms. The molecule has 0 spiro atoms. The largest absolute Gasteiger partial charge is 0.496 e. The Kier molecular flexibility index (Phi) is 7.24. The fourth-order valence-corrected chi connectivity index (χ4v) is 7.71. The van der Waals surface area contributed by atoms with E-state index in [0.29, 0.717) is 33.7 Å². The number of methoxy groups -OCH3 is 1. The number of benzene rings is 1. The van der Waals surface area contributed by atoms with Crippen LogP contribution in [0.15, 0.2) is 36.5 Å². The maximum atomic E-state index is 12.3. The number of carbonyl (C=O) groups is 1. The van der Waals surface area contributed by atoms with Gasteiger partial charge in [-0.25, -0.2) is 9.97 Å². The number of hydrogen-bond acceptors (Lipinski definition) is 8. The maximum Gasteiger partial charge on any atom is 0.223 e. The van der Waals surface area contributed by atoms with Crippen molar-refractivity contribution in [2.45, 2.75) is 31.3 Å². The molecule has 2 bridgehead atoms.